The van der Waals surface area contributed by atoms with Gasteiger partial charge in [0.05, 0.1) is 32.2 Å². The summed E-state index contributed by atoms with van der Waals surface area (Å²) in [5.74, 6) is 0.928. The van der Waals surface area contributed by atoms with Crippen molar-refractivity contribution in [3.05, 3.63) is 72.1 Å². The van der Waals surface area contributed by atoms with E-state index in [2.05, 4.69) is 56.1 Å². The van der Waals surface area contributed by atoms with E-state index in [4.69, 9.17) is 9.73 Å². The van der Waals surface area contributed by atoms with Crippen molar-refractivity contribution in [2.24, 2.45) is 12.0 Å². The highest BCUT2D eigenvalue weighted by atomic mass is 127. The van der Waals surface area contributed by atoms with E-state index < -0.39 is 0 Å². The van der Waals surface area contributed by atoms with Crippen LogP contribution in [0.2, 0.25) is 0 Å². The van der Waals surface area contributed by atoms with Crippen molar-refractivity contribution in [1.29, 1.82) is 0 Å². The number of ether oxygens (including phenoxy) is 1. The van der Waals surface area contributed by atoms with Crippen LogP contribution in [0, 0.1) is 0 Å². The molecule has 0 aliphatic carbocycles. The monoisotopic (exact) mass is 535 g/mol. The Hall–Kier alpha value is -2.40. The second-order valence-electron chi connectivity index (χ2n) is 7.47. The first-order valence-corrected chi connectivity index (χ1v) is 10.4. The number of halogens is 1. The molecule has 166 valence electrons. The number of nitrogens with zero attached hydrogens (tertiary/aromatic N) is 6. The highest BCUT2D eigenvalue weighted by Gasteiger charge is 2.25. The van der Waals surface area contributed by atoms with Crippen LogP contribution in [0.25, 0.3) is 0 Å². The van der Waals surface area contributed by atoms with Crippen LogP contribution >= 0.6 is 24.0 Å². The highest BCUT2D eigenvalue weighted by molar-refractivity contribution is 14.0. The molecule has 0 spiro atoms. The molecule has 31 heavy (non-hydrogen) atoms. The van der Waals surface area contributed by atoms with Crippen LogP contribution in [0.15, 0.2) is 60.4 Å². The van der Waals surface area contributed by atoms with Gasteiger partial charge in [-0.2, -0.15) is 5.10 Å². The average molecular weight is 535 g/mol. The maximum absolute atomic E-state index is 5.97. The Balaban J connectivity index is 0.00000272. The van der Waals surface area contributed by atoms with E-state index in [9.17, 15) is 0 Å². The summed E-state index contributed by atoms with van der Waals surface area (Å²) in [6.07, 6.45) is 9.52. The highest BCUT2D eigenvalue weighted by Crippen LogP contribution is 2.21. The third kappa shape index (κ3) is 6.30. The number of aliphatic imine (C=N–C) groups is 1. The van der Waals surface area contributed by atoms with Crippen molar-refractivity contribution in [3.8, 4) is 0 Å². The number of morpholine rings is 1. The van der Waals surface area contributed by atoms with E-state index in [0.717, 1.165) is 37.7 Å². The molecule has 9 heteroatoms. The molecule has 0 bridgehead atoms. The van der Waals surface area contributed by atoms with Crippen LogP contribution in [-0.4, -0.2) is 56.4 Å². The first kappa shape index (κ1) is 23.3. The minimum atomic E-state index is 0. The number of rotatable bonds is 6. The topological polar surface area (TPSA) is 72.5 Å². The summed E-state index contributed by atoms with van der Waals surface area (Å²) in [5.41, 5.74) is 3.54. The predicted molar refractivity (Wildman–Crippen MR) is 131 cm³/mol. The Morgan fingerprint density at radius 2 is 2.06 bits per heavy atom. The Bertz CT molecular complexity index is 953. The van der Waals surface area contributed by atoms with Gasteiger partial charge in [0.15, 0.2) is 5.96 Å². The summed E-state index contributed by atoms with van der Waals surface area (Å²) >= 11 is 0. The summed E-state index contributed by atoms with van der Waals surface area (Å²) in [7, 11) is 1.93. The molecule has 1 aliphatic rings. The first-order chi connectivity index (χ1) is 14.7. The normalized spacial score (nSPS) is 16.8. The lowest BCUT2D eigenvalue weighted by Gasteiger charge is -2.34. The average Bonchev–Trinajstić information content (AvgIpc) is 3.44. The van der Waals surface area contributed by atoms with Crippen LogP contribution < -0.4 is 5.32 Å². The van der Waals surface area contributed by atoms with Crippen LogP contribution in [0.1, 0.15) is 29.7 Å². The molecule has 4 rings (SSSR count). The molecule has 3 heterocycles. The summed E-state index contributed by atoms with van der Waals surface area (Å²) < 4.78 is 9.85. The molecule has 1 unspecified atom stereocenters. The van der Waals surface area contributed by atoms with Gasteiger partial charge in [0, 0.05) is 50.8 Å². The van der Waals surface area contributed by atoms with E-state index in [0.29, 0.717) is 13.2 Å². The number of benzene rings is 1. The van der Waals surface area contributed by atoms with Gasteiger partial charge in [-0.15, -0.1) is 24.0 Å². The third-order valence-corrected chi connectivity index (χ3v) is 5.16. The molecule has 0 saturated carbocycles. The number of aromatic nitrogens is 4. The molecule has 1 atom stereocenters. The lowest BCUT2D eigenvalue weighted by molar-refractivity contribution is -0.00805. The van der Waals surface area contributed by atoms with Gasteiger partial charge < -0.3 is 19.5 Å². The molecule has 0 amide bonds. The van der Waals surface area contributed by atoms with Crippen molar-refractivity contribution in [2.75, 3.05) is 26.2 Å². The summed E-state index contributed by atoms with van der Waals surface area (Å²) in [6.45, 7) is 6.66. The zero-order valence-electron chi connectivity index (χ0n) is 18.0. The number of imidazole rings is 1. The number of guanidine groups is 1. The van der Waals surface area contributed by atoms with E-state index >= 15 is 0 Å². The van der Waals surface area contributed by atoms with Crippen molar-refractivity contribution < 1.29 is 4.74 Å². The van der Waals surface area contributed by atoms with Crippen molar-refractivity contribution in [1.82, 2.24) is 29.5 Å². The molecule has 1 saturated heterocycles. The van der Waals surface area contributed by atoms with Crippen LogP contribution in [0.3, 0.4) is 0 Å². The van der Waals surface area contributed by atoms with Gasteiger partial charge in [-0.25, -0.2) is 9.98 Å². The lowest BCUT2D eigenvalue weighted by Crippen LogP contribution is -2.48. The van der Waals surface area contributed by atoms with Gasteiger partial charge in [-0.1, -0.05) is 24.3 Å². The van der Waals surface area contributed by atoms with Gasteiger partial charge in [-0.05, 0) is 18.1 Å². The molecule has 1 fully saturated rings. The second kappa shape index (κ2) is 11.3. The molecule has 3 aromatic rings. The molecule has 2 aromatic heterocycles. The Kier molecular flexibility index (Phi) is 8.47. The number of nitrogens with one attached hydrogen (secondary N) is 1. The maximum Gasteiger partial charge on any atom is 0.194 e. The fraction of sp³-hybridized carbons (Fsp3) is 0.409. The largest absolute Gasteiger partial charge is 0.370 e. The minimum Gasteiger partial charge on any atom is -0.370 e. The minimum absolute atomic E-state index is 0. The van der Waals surface area contributed by atoms with Gasteiger partial charge >= 0.3 is 0 Å². The standard InChI is InChI=1S/C22H29N7O.HI/c1-3-24-22(29-10-11-30-21(16-29)20-13-26-27(2)15-20)25-12-18-4-6-19(7-5-18)14-28-9-8-23-17-28;/h4-9,13,15,17,21H,3,10-12,14,16H2,1-2H3,(H,24,25);1H. The summed E-state index contributed by atoms with van der Waals surface area (Å²) in [6, 6.07) is 8.62. The van der Waals surface area contributed by atoms with E-state index in [-0.39, 0.29) is 30.1 Å². The maximum atomic E-state index is 5.97. The SMILES string of the molecule is CCNC(=NCc1ccc(Cn2ccnc2)cc1)N1CCOC(c2cnn(C)c2)C1.I. The van der Waals surface area contributed by atoms with Crippen molar-refractivity contribution >= 4 is 29.9 Å². The molecule has 8 nitrogen and oxygen atoms in total. The van der Waals surface area contributed by atoms with E-state index in [1.165, 1.54) is 11.1 Å². The zero-order valence-corrected chi connectivity index (χ0v) is 20.3. The van der Waals surface area contributed by atoms with Gasteiger partial charge in [-0.3, -0.25) is 4.68 Å². The molecular weight excluding hydrogens is 505 g/mol. The molecule has 1 N–H and O–H groups in total. The number of aryl methyl sites for hydroxylation is 1. The van der Waals surface area contributed by atoms with Gasteiger partial charge in [0.1, 0.15) is 6.10 Å². The van der Waals surface area contributed by atoms with Crippen LogP contribution in [0.5, 0.6) is 0 Å². The third-order valence-electron chi connectivity index (χ3n) is 5.16. The van der Waals surface area contributed by atoms with Crippen LogP contribution in [-0.2, 0) is 24.9 Å². The van der Waals surface area contributed by atoms with E-state index in [1.54, 1.807) is 6.20 Å². The lowest BCUT2D eigenvalue weighted by atomic mass is 10.1. The second-order valence-corrected chi connectivity index (χ2v) is 7.47. The van der Waals surface area contributed by atoms with Crippen molar-refractivity contribution in [3.63, 3.8) is 0 Å². The Labute approximate surface area is 200 Å². The summed E-state index contributed by atoms with van der Waals surface area (Å²) in [5, 5.41) is 7.70. The van der Waals surface area contributed by atoms with E-state index in [1.807, 2.05) is 36.6 Å². The first-order valence-electron chi connectivity index (χ1n) is 10.4. The summed E-state index contributed by atoms with van der Waals surface area (Å²) in [4.78, 5) is 11.3. The fourth-order valence-electron chi connectivity index (χ4n) is 3.58. The molecular formula is C22H30IN7O. The van der Waals surface area contributed by atoms with Gasteiger partial charge in [0.25, 0.3) is 0 Å². The van der Waals surface area contributed by atoms with Gasteiger partial charge in [0.2, 0.25) is 0 Å². The molecule has 0 radical (unpaired) electrons. The Morgan fingerprint density at radius 1 is 1.26 bits per heavy atom. The van der Waals surface area contributed by atoms with Crippen LogP contribution in [0.4, 0.5) is 0 Å². The zero-order chi connectivity index (χ0) is 20.8. The molecule has 1 aliphatic heterocycles. The predicted octanol–water partition coefficient (Wildman–Crippen LogP) is 2.82. The fourth-order valence-corrected chi connectivity index (χ4v) is 3.58. The smallest absolute Gasteiger partial charge is 0.194 e. The Morgan fingerprint density at radius 3 is 2.74 bits per heavy atom. The number of hydrogen-bond donors (Lipinski definition) is 1. The molecule has 1 aromatic carbocycles. The quantitative estimate of drug-likeness (QED) is 0.299. The number of hydrogen-bond acceptors (Lipinski definition) is 4. The van der Waals surface area contributed by atoms with Crippen molar-refractivity contribution in [2.45, 2.75) is 26.1 Å².